The van der Waals surface area contributed by atoms with Gasteiger partial charge in [-0.2, -0.15) is 0 Å². The normalized spacial score (nSPS) is 11.6. The minimum Gasteiger partial charge on any atom is -0.494 e. The Morgan fingerprint density at radius 1 is 1.07 bits per heavy atom. The van der Waals surface area contributed by atoms with Crippen LogP contribution >= 0.6 is 11.6 Å². The van der Waals surface area contributed by atoms with Crippen molar-refractivity contribution in [2.45, 2.75) is 45.7 Å². The zero-order valence-corrected chi connectivity index (χ0v) is 17.8. The number of para-hydroxylation sites is 1. The van der Waals surface area contributed by atoms with Crippen molar-refractivity contribution in [3.05, 3.63) is 65.2 Å². The Bertz CT molecular complexity index is 783. The van der Waals surface area contributed by atoms with E-state index in [0.29, 0.717) is 44.0 Å². The van der Waals surface area contributed by atoms with Gasteiger partial charge in [-0.25, -0.2) is 0 Å². The second-order valence-corrected chi connectivity index (χ2v) is 7.10. The molecule has 1 atom stereocenters. The predicted octanol–water partition coefficient (Wildman–Crippen LogP) is 4.44. The Kier molecular flexibility index (Phi) is 9.51. The Balaban J connectivity index is 2.05. The zero-order chi connectivity index (χ0) is 21.1. The van der Waals surface area contributed by atoms with Gasteiger partial charge in [0.2, 0.25) is 11.8 Å². The second kappa shape index (κ2) is 12.1. The van der Waals surface area contributed by atoms with Gasteiger partial charge in [0.25, 0.3) is 0 Å². The SMILES string of the molecule is CCNC(=O)[C@@H](CC)N(Cc1ccccc1Cl)C(=O)CCCOc1ccccc1. The number of rotatable bonds is 11. The van der Waals surface area contributed by atoms with Crippen molar-refractivity contribution in [3.63, 3.8) is 0 Å². The molecule has 0 radical (unpaired) electrons. The minimum atomic E-state index is -0.534. The quantitative estimate of drug-likeness (QED) is 0.551. The molecule has 0 heterocycles. The summed E-state index contributed by atoms with van der Waals surface area (Å²) in [7, 11) is 0. The van der Waals surface area contributed by atoms with Crippen molar-refractivity contribution in [2.24, 2.45) is 0 Å². The third-order valence-corrected chi connectivity index (χ3v) is 4.95. The topological polar surface area (TPSA) is 58.6 Å². The van der Waals surface area contributed by atoms with Gasteiger partial charge >= 0.3 is 0 Å². The first-order valence-electron chi connectivity index (χ1n) is 10.0. The maximum Gasteiger partial charge on any atom is 0.242 e. The van der Waals surface area contributed by atoms with Crippen LogP contribution in [0.25, 0.3) is 0 Å². The first kappa shape index (κ1) is 22.8. The number of nitrogens with one attached hydrogen (secondary N) is 1. The van der Waals surface area contributed by atoms with E-state index in [1.54, 1.807) is 11.0 Å². The van der Waals surface area contributed by atoms with Gasteiger partial charge in [0, 0.05) is 24.5 Å². The monoisotopic (exact) mass is 416 g/mol. The average Bonchev–Trinajstić information content (AvgIpc) is 2.73. The molecule has 0 aliphatic rings. The fraction of sp³-hybridized carbons (Fsp3) is 0.391. The van der Waals surface area contributed by atoms with E-state index in [-0.39, 0.29) is 11.8 Å². The van der Waals surface area contributed by atoms with Crippen LogP contribution in [0.4, 0.5) is 0 Å². The molecule has 6 heteroatoms. The number of nitrogens with zero attached hydrogens (tertiary/aromatic N) is 1. The number of benzene rings is 2. The third kappa shape index (κ3) is 7.09. The molecule has 1 N–H and O–H groups in total. The van der Waals surface area contributed by atoms with E-state index in [9.17, 15) is 9.59 Å². The first-order chi connectivity index (χ1) is 14.1. The number of hydrogen-bond donors (Lipinski definition) is 1. The van der Waals surface area contributed by atoms with Crippen molar-refractivity contribution in [1.29, 1.82) is 0 Å². The van der Waals surface area contributed by atoms with E-state index < -0.39 is 6.04 Å². The van der Waals surface area contributed by atoms with Crippen molar-refractivity contribution < 1.29 is 14.3 Å². The van der Waals surface area contributed by atoms with Crippen LogP contribution in [0.2, 0.25) is 5.02 Å². The van der Waals surface area contributed by atoms with E-state index in [1.165, 1.54) is 0 Å². The lowest BCUT2D eigenvalue weighted by molar-refractivity contribution is -0.141. The van der Waals surface area contributed by atoms with Crippen LogP contribution in [-0.2, 0) is 16.1 Å². The lowest BCUT2D eigenvalue weighted by Crippen LogP contribution is -2.49. The van der Waals surface area contributed by atoms with Crippen LogP contribution in [-0.4, -0.2) is 35.9 Å². The summed E-state index contributed by atoms with van der Waals surface area (Å²) < 4.78 is 5.68. The number of carbonyl (C=O) groups excluding carboxylic acids is 2. The van der Waals surface area contributed by atoms with Gasteiger partial charge in [-0.3, -0.25) is 9.59 Å². The molecule has 0 saturated carbocycles. The molecule has 0 fully saturated rings. The van der Waals surface area contributed by atoms with Crippen LogP contribution in [0.3, 0.4) is 0 Å². The molecule has 156 valence electrons. The number of ether oxygens (including phenoxy) is 1. The lowest BCUT2D eigenvalue weighted by Gasteiger charge is -2.31. The first-order valence-corrected chi connectivity index (χ1v) is 10.4. The molecule has 29 heavy (non-hydrogen) atoms. The minimum absolute atomic E-state index is 0.0836. The summed E-state index contributed by atoms with van der Waals surface area (Å²) in [5.74, 6) is 0.553. The number of likely N-dealkylation sites (N-methyl/N-ethyl adjacent to an activating group) is 1. The number of hydrogen-bond acceptors (Lipinski definition) is 3. The maximum absolute atomic E-state index is 13.0. The Labute approximate surface area is 178 Å². The molecule has 2 rings (SSSR count). The Morgan fingerprint density at radius 2 is 1.76 bits per heavy atom. The van der Waals surface area contributed by atoms with Crippen molar-refractivity contribution >= 4 is 23.4 Å². The molecule has 0 bridgehead atoms. The van der Waals surface area contributed by atoms with E-state index in [0.717, 1.165) is 11.3 Å². The highest BCUT2D eigenvalue weighted by Crippen LogP contribution is 2.20. The number of halogens is 1. The summed E-state index contributed by atoms with van der Waals surface area (Å²) in [5, 5.41) is 3.42. The van der Waals surface area contributed by atoms with Gasteiger partial charge in [0.1, 0.15) is 11.8 Å². The molecule has 0 saturated heterocycles. The molecular weight excluding hydrogens is 388 g/mol. The maximum atomic E-state index is 13.0. The molecule has 0 aromatic heterocycles. The van der Waals surface area contributed by atoms with Gasteiger partial charge < -0.3 is 15.0 Å². The highest BCUT2D eigenvalue weighted by molar-refractivity contribution is 6.31. The molecule has 2 aromatic rings. The predicted molar refractivity (Wildman–Crippen MR) is 116 cm³/mol. The fourth-order valence-corrected chi connectivity index (χ4v) is 3.29. The summed E-state index contributed by atoms with van der Waals surface area (Å²) in [5.41, 5.74) is 0.825. The lowest BCUT2D eigenvalue weighted by atomic mass is 10.1. The Hall–Kier alpha value is -2.53. The molecule has 0 spiro atoms. The van der Waals surface area contributed by atoms with E-state index in [1.807, 2.05) is 62.4 Å². The second-order valence-electron chi connectivity index (χ2n) is 6.70. The highest BCUT2D eigenvalue weighted by Gasteiger charge is 2.28. The summed E-state index contributed by atoms with van der Waals surface area (Å²) in [6.07, 6.45) is 1.40. The number of amides is 2. The average molecular weight is 417 g/mol. The molecule has 0 aliphatic heterocycles. The van der Waals surface area contributed by atoms with Crippen molar-refractivity contribution in [3.8, 4) is 5.75 Å². The number of carbonyl (C=O) groups is 2. The van der Waals surface area contributed by atoms with Gasteiger partial charge in [-0.1, -0.05) is 54.9 Å². The molecule has 2 amide bonds. The van der Waals surface area contributed by atoms with Crippen LogP contribution in [0, 0.1) is 0 Å². The standard InChI is InChI=1S/C23H29ClN2O3/c1-3-21(23(28)25-4-2)26(17-18-11-8-9-14-20(18)24)22(27)15-10-16-29-19-12-6-5-7-13-19/h5-9,11-14,21H,3-4,10,15-17H2,1-2H3,(H,25,28)/t21-/m1/s1. The van der Waals surface area contributed by atoms with Gasteiger partial charge in [0.05, 0.1) is 6.61 Å². The molecular formula is C23H29ClN2O3. The molecule has 0 aliphatic carbocycles. The van der Waals surface area contributed by atoms with Crippen LogP contribution < -0.4 is 10.1 Å². The Morgan fingerprint density at radius 3 is 2.41 bits per heavy atom. The van der Waals surface area contributed by atoms with Gasteiger partial charge in [-0.05, 0) is 43.5 Å². The summed E-state index contributed by atoms with van der Waals surface area (Å²) in [4.78, 5) is 27.2. The smallest absolute Gasteiger partial charge is 0.242 e. The van der Waals surface area contributed by atoms with Crippen LogP contribution in [0.1, 0.15) is 38.7 Å². The van der Waals surface area contributed by atoms with Crippen LogP contribution in [0.15, 0.2) is 54.6 Å². The van der Waals surface area contributed by atoms with E-state index >= 15 is 0 Å². The summed E-state index contributed by atoms with van der Waals surface area (Å²) >= 11 is 6.30. The molecule has 0 unspecified atom stereocenters. The molecule has 2 aromatic carbocycles. The van der Waals surface area contributed by atoms with E-state index in [2.05, 4.69) is 5.32 Å². The van der Waals surface area contributed by atoms with Gasteiger partial charge in [-0.15, -0.1) is 0 Å². The zero-order valence-electron chi connectivity index (χ0n) is 17.1. The summed E-state index contributed by atoms with van der Waals surface area (Å²) in [6, 6.07) is 16.4. The van der Waals surface area contributed by atoms with Crippen molar-refractivity contribution in [1.82, 2.24) is 10.2 Å². The van der Waals surface area contributed by atoms with Crippen molar-refractivity contribution in [2.75, 3.05) is 13.2 Å². The third-order valence-electron chi connectivity index (χ3n) is 4.58. The van der Waals surface area contributed by atoms with Gasteiger partial charge in [0.15, 0.2) is 0 Å². The fourth-order valence-electron chi connectivity index (χ4n) is 3.10. The largest absolute Gasteiger partial charge is 0.494 e. The highest BCUT2D eigenvalue weighted by atomic mass is 35.5. The molecule has 5 nitrogen and oxygen atoms in total. The summed E-state index contributed by atoms with van der Waals surface area (Å²) in [6.45, 7) is 5.03. The van der Waals surface area contributed by atoms with Crippen LogP contribution in [0.5, 0.6) is 5.75 Å². The van der Waals surface area contributed by atoms with E-state index in [4.69, 9.17) is 16.3 Å².